The number of carbonyl (C=O) groups excluding carboxylic acids is 2. The maximum atomic E-state index is 10.8. The highest BCUT2D eigenvalue weighted by atomic mass is 16.2. The fourth-order valence-electron chi connectivity index (χ4n) is 1.21. The van der Waals surface area contributed by atoms with Crippen LogP contribution in [0.3, 0.4) is 0 Å². The van der Waals surface area contributed by atoms with Crippen LogP contribution in [0.15, 0.2) is 4.99 Å². The van der Waals surface area contributed by atoms with Gasteiger partial charge in [0.25, 0.3) is 0 Å². The summed E-state index contributed by atoms with van der Waals surface area (Å²) in [4.78, 5) is 27.7. The molecule has 0 bridgehead atoms. The molecule has 1 rings (SSSR count). The summed E-state index contributed by atoms with van der Waals surface area (Å²) in [5.41, 5.74) is 0. The lowest BCUT2D eigenvalue weighted by Crippen LogP contribution is -2.30. The van der Waals surface area contributed by atoms with Crippen molar-refractivity contribution < 1.29 is 9.59 Å². The van der Waals surface area contributed by atoms with E-state index in [0.29, 0.717) is 0 Å². The van der Waals surface area contributed by atoms with Gasteiger partial charge in [-0.15, -0.1) is 0 Å². The van der Waals surface area contributed by atoms with E-state index in [1.165, 1.54) is 0 Å². The number of guanidine groups is 1. The first-order valence-electron chi connectivity index (χ1n) is 4.34. The molecule has 0 aromatic rings. The van der Waals surface area contributed by atoms with Crippen molar-refractivity contribution in [1.29, 1.82) is 0 Å². The number of rotatable bonds is 3. The summed E-state index contributed by atoms with van der Waals surface area (Å²) < 4.78 is 0. The van der Waals surface area contributed by atoms with Crippen molar-refractivity contribution in [3.05, 3.63) is 0 Å². The smallest absolute Gasteiger partial charge is 0.307 e. The van der Waals surface area contributed by atoms with Crippen LogP contribution in [-0.2, 0) is 9.59 Å². The van der Waals surface area contributed by atoms with Gasteiger partial charge in [-0.05, 0) is 21.0 Å². The second kappa shape index (κ2) is 4.19. The minimum Gasteiger partial charge on any atom is -0.307 e. The van der Waals surface area contributed by atoms with E-state index in [9.17, 15) is 9.59 Å². The van der Waals surface area contributed by atoms with Crippen LogP contribution in [0.2, 0.25) is 0 Å². The summed E-state index contributed by atoms with van der Waals surface area (Å²) in [6.07, 6.45) is 0. The molecule has 14 heavy (non-hydrogen) atoms. The monoisotopic (exact) mass is 198 g/mol. The lowest BCUT2D eigenvalue weighted by atomic mass is 10.3. The van der Waals surface area contributed by atoms with Crippen molar-refractivity contribution in [3.8, 4) is 0 Å². The van der Waals surface area contributed by atoms with E-state index in [4.69, 9.17) is 0 Å². The highest BCUT2D eigenvalue weighted by Crippen LogP contribution is 1.93. The first-order valence-corrected chi connectivity index (χ1v) is 4.34. The van der Waals surface area contributed by atoms with Gasteiger partial charge in [0, 0.05) is 6.54 Å². The van der Waals surface area contributed by atoms with Gasteiger partial charge in [0.1, 0.15) is 0 Å². The van der Waals surface area contributed by atoms with Crippen LogP contribution in [0.1, 0.15) is 6.92 Å². The van der Waals surface area contributed by atoms with Gasteiger partial charge < -0.3 is 4.90 Å². The second-order valence-electron chi connectivity index (χ2n) is 3.50. The Bertz CT molecular complexity index is 267. The van der Waals surface area contributed by atoms with E-state index in [-0.39, 0.29) is 12.0 Å². The summed E-state index contributed by atoms with van der Waals surface area (Å²) in [6, 6.07) is 0.0266. The average molecular weight is 198 g/mol. The molecule has 2 amide bonds. The van der Waals surface area contributed by atoms with E-state index in [1.807, 2.05) is 25.9 Å². The van der Waals surface area contributed by atoms with Crippen LogP contribution < -0.4 is 10.6 Å². The third-order valence-electron chi connectivity index (χ3n) is 1.65. The first-order chi connectivity index (χ1) is 6.49. The number of nitrogens with one attached hydrogen (secondary N) is 2. The van der Waals surface area contributed by atoms with Gasteiger partial charge >= 0.3 is 11.8 Å². The predicted molar refractivity (Wildman–Crippen MR) is 51.7 cm³/mol. The van der Waals surface area contributed by atoms with Crippen molar-refractivity contribution in [1.82, 2.24) is 15.5 Å². The number of nitrogens with zero attached hydrogens (tertiary/aromatic N) is 2. The van der Waals surface area contributed by atoms with Crippen LogP contribution in [0, 0.1) is 0 Å². The zero-order chi connectivity index (χ0) is 10.7. The Labute approximate surface area is 82.4 Å². The van der Waals surface area contributed by atoms with E-state index in [0.717, 1.165) is 6.54 Å². The van der Waals surface area contributed by atoms with Crippen LogP contribution in [-0.4, -0.2) is 49.4 Å². The molecule has 6 heteroatoms. The Morgan fingerprint density at radius 3 is 2.21 bits per heavy atom. The van der Waals surface area contributed by atoms with Gasteiger partial charge in [0.2, 0.25) is 5.96 Å². The molecular formula is C8H14N4O2. The second-order valence-corrected chi connectivity index (χ2v) is 3.50. The van der Waals surface area contributed by atoms with Gasteiger partial charge in [0.05, 0.1) is 6.04 Å². The Hall–Kier alpha value is -1.43. The van der Waals surface area contributed by atoms with E-state index >= 15 is 0 Å². The van der Waals surface area contributed by atoms with Crippen LogP contribution >= 0.6 is 0 Å². The molecule has 0 aliphatic carbocycles. The molecule has 1 atom stereocenters. The minimum atomic E-state index is -0.652. The maximum Gasteiger partial charge on any atom is 0.316 e. The quantitative estimate of drug-likeness (QED) is 0.544. The van der Waals surface area contributed by atoms with E-state index in [1.54, 1.807) is 0 Å². The van der Waals surface area contributed by atoms with Crippen molar-refractivity contribution in [2.45, 2.75) is 13.0 Å². The zero-order valence-electron chi connectivity index (χ0n) is 8.50. The molecule has 1 fully saturated rings. The fourth-order valence-corrected chi connectivity index (χ4v) is 1.21. The number of hydrogen-bond acceptors (Lipinski definition) is 4. The molecule has 0 radical (unpaired) electrons. The Balaban J connectivity index is 2.53. The Morgan fingerprint density at radius 1 is 1.29 bits per heavy atom. The molecule has 0 saturated carbocycles. The number of aliphatic imine (C=N–C) groups is 1. The molecule has 78 valence electrons. The van der Waals surface area contributed by atoms with Gasteiger partial charge in [-0.1, -0.05) is 0 Å². The third-order valence-corrected chi connectivity index (χ3v) is 1.65. The van der Waals surface area contributed by atoms with Gasteiger partial charge in [-0.2, -0.15) is 0 Å². The molecule has 1 saturated heterocycles. The Kier molecular flexibility index (Phi) is 3.19. The SMILES string of the molecule is CC(CN(C)C)N=C1NC(=O)C(=O)N1. The third kappa shape index (κ3) is 2.81. The molecule has 2 N–H and O–H groups in total. The van der Waals surface area contributed by atoms with Crippen molar-refractivity contribution in [3.63, 3.8) is 0 Å². The van der Waals surface area contributed by atoms with Crippen LogP contribution in [0.5, 0.6) is 0 Å². The summed E-state index contributed by atoms with van der Waals surface area (Å²) in [6.45, 7) is 2.67. The standard InChI is InChI=1S/C8H14N4O2/c1-5(4-12(2)3)9-8-10-6(13)7(14)11-8/h5H,4H2,1-3H3,(H2,9,10,11,13,14). The maximum absolute atomic E-state index is 10.8. The summed E-state index contributed by atoms with van der Waals surface area (Å²) in [7, 11) is 3.87. The summed E-state index contributed by atoms with van der Waals surface area (Å²) in [5.74, 6) is -1.06. The molecule has 1 aliphatic rings. The lowest BCUT2D eigenvalue weighted by Gasteiger charge is -2.13. The summed E-state index contributed by atoms with van der Waals surface area (Å²) >= 11 is 0. The highest BCUT2D eigenvalue weighted by molar-refractivity contribution is 6.45. The van der Waals surface area contributed by atoms with E-state index in [2.05, 4.69) is 15.6 Å². The number of carbonyl (C=O) groups is 2. The lowest BCUT2D eigenvalue weighted by molar-refractivity contribution is -0.135. The number of likely N-dealkylation sites (N-methyl/N-ethyl adjacent to an activating group) is 1. The average Bonchev–Trinajstić information content (AvgIpc) is 2.28. The Morgan fingerprint density at radius 2 is 1.79 bits per heavy atom. The number of hydrogen-bond donors (Lipinski definition) is 2. The molecular weight excluding hydrogens is 184 g/mol. The van der Waals surface area contributed by atoms with Crippen molar-refractivity contribution >= 4 is 17.8 Å². The molecule has 6 nitrogen and oxygen atoms in total. The highest BCUT2D eigenvalue weighted by Gasteiger charge is 2.25. The normalized spacial score (nSPS) is 18.1. The molecule has 0 aromatic heterocycles. The minimum absolute atomic E-state index is 0.0266. The van der Waals surface area contributed by atoms with Gasteiger partial charge in [0.15, 0.2) is 0 Å². The molecule has 1 heterocycles. The number of amides is 2. The van der Waals surface area contributed by atoms with Gasteiger partial charge in [-0.3, -0.25) is 20.2 Å². The largest absolute Gasteiger partial charge is 0.316 e. The van der Waals surface area contributed by atoms with Crippen molar-refractivity contribution in [2.75, 3.05) is 20.6 Å². The zero-order valence-corrected chi connectivity index (χ0v) is 8.50. The summed E-state index contributed by atoms with van der Waals surface area (Å²) in [5, 5.41) is 4.68. The molecule has 1 unspecified atom stereocenters. The van der Waals surface area contributed by atoms with Crippen LogP contribution in [0.25, 0.3) is 0 Å². The first kappa shape index (κ1) is 10.6. The molecule has 0 spiro atoms. The predicted octanol–water partition coefficient (Wildman–Crippen LogP) is -1.46. The van der Waals surface area contributed by atoms with Crippen molar-refractivity contribution in [2.24, 2.45) is 4.99 Å². The molecule has 1 aliphatic heterocycles. The van der Waals surface area contributed by atoms with Gasteiger partial charge in [-0.25, -0.2) is 4.99 Å². The topological polar surface area (TPSA) is 73.8 Å². The fraction of sp³-hybridized carbons (Fsp3) is 0.625. The van der Waals surface area contributed by atoms with Crippen LogP contribution in [0.4, 0.5) is 0 Å². The van der Waals surface area contributed by atoms with E-state index < -0.39 is 11.8 Å². The molecule has 0 aromatic carbocycles.